The quantitative estimate of drug-likeness (QED) is 0.711. The van der Waals surface area contributed by atoms with E-state index < -0.39 is 5.41 Å². The van der Waals surface area contributed by atoms with E-state index in [0.29, 0.717) is 37.6 Å². The first-order valence-electron chi connectivity index (χ1n) is 10.4. The predicted octanol–water partition coefficient (Wildman–Crippen LogP) is 4.28. The van der Waals surface area contributed by atoms with Crippen molar-refractivity contribution in [3.8, 4) is 0 Å². The molecule has 2 aromatic carbocycles. The number of carbonyl (C=O) groups is 2. The minimum atomic E-state index is -0.655. The summed E-state index contributed by atoms with van der Waals surface area (Å²) in [6.45, 7) is 3.41. The van der Waals surface area contributed by atoms with Crippen molar-refractivity contribution in [3.63, 3.8) is 0 Å². The van der Waals surface area contributed by atoms with E-state index >= 15 is 0 Å². The fraction of sp³-hybridized carbons (Fsp3) is 0.417. The fourth-order valence-electron chi connectivity index (χ4n) is 5.62. The molecule has 29 heavy (non-hydrogen) atoms. The SMILES string of the molecule is CCOC(=O)C1CCN(C(=O)C23CC(c4ccccc42)c2ccc(Cl)cc23)CC1. The zero-order valence-electron chi connectivity index (χ0n) is 16.5. The van der Waals surface area contributed by atoms with Crippen LogP contribution in [-0.2, 0) is 19.7 Å². The second kappa shape index (κ2) is 6.88. The van der Waals surface area contributed by atoms with Gasteiger partial charge in [0.15, 0.2) is 0 Å². The molecule has 1 amide bonds. The number of piperidine rings is 1. The molecule has 2 aromatic rings. The molecule has 0 spiro atoms. The molecular weight excluding hydrogens is 386 g/mol. The van der Waals surface area contributed by atoms with Crippen molar-refractivity contribution in [1.82, 2.24) is 4.90 Å². The summed E-state index contributed by atoms with van der Waals surface area (Å²) >= 11 is 6.35. The summed E-state index contributed by atoms with van der Waals surface area (Å²) in [7, 11) is 0. The van der Waals surface area contributed by atoms with Gasteiger partial charge < -0.3 is 9.64 Å². The van der Waals surface area contributed by atoms with Crippen LogP contribution in [0, 0.1) is 5.92 Å². The molecule has 5 rings (SSSR count). The minimum Gasteiger partial charge on any atom is -0.466 e. The number of nitrogens with zero attached hydrogens (tertiary/aromatic N) is 1. The van der Waals surface area contributed by atoms with Gasteiger partial charge in [-0.25, -0.2) is 0 Å². The summed E-state index contributed by atoms with van der Waals surface area (Å²) in [5.74, 6) is 0.155. The highest BCUT2D eigenvalue weighted by atomic mass is 35.5. The lowest BCUT2D eigenvalue weighted by Crippen LogP contribution is -2.49. The fourth-order valence-corrected chi connectivity index (χ4v) is 5.79. The van der Waals surface area contributed by atoms with E-state index in [-0.39, 0.29) is 23.7 Å². The van der Waals surface area contributed by atoms with Crippen LogP contribution in [0.2, 0.25) is 5.02 Å². The van der Waals surface area contributed by atoms with E-state index in [9.17, 15) is 9.59 Å². The molecule has 4 nitrogen and oxygen atoms in total. The highest BCUT2D eigenvalue weighted by molar-refractivity contribution is 6.30. The van der Waals surface area contributed by atoms with Gasteiger partial charge in [0, 0.05) is 24.0 Å². The lowest BCUT2D eigenvalue weighted by atomic mass is 9.73. The monoisotopic (exact) mass is 409 g/mol. The first-order valence-corrected chi connectivity index (χ1v) is 10.8. The number of likely N-dealkylation sites (tertiary alicyclic amines) is 1. The summed E-state index contributed by atoms with van der Waals surface area (Å²) < 4.78 is 5.17. The molecule has 0 saturated carbocycles. The van der Waals surface area contributed by atoms with E-state index in [2.05, 4.69) is 24.3 Å². The molecular formula is C24H24ClNO3. The van der Waals surface area contributed by atoms with Gasteiger partial charge >= 0.3 is 5.97 Å². The lowest BCUT2D eigenvalue weighted by Gasteiger charge is -2.38. The van der Waals surface area contributed by atoms with Crippen molar-refractivity contribution in [1.29, 1.82) is 0 Å². The Balaban J connectivity index is 1.49. The van der Waals surface area contributed by atoms with Crippen LogP contribution in [0.5, 0.6) is 0 Å². The van der Waals surface area contributed by atoms with Gasteiger partial charge in [0.05, 0.1) is 12.5 Å². The largest absolute Gasteiger partial charge is 0.466 e. The Morgan fingerprint density at radius 1 is 1.10 bits per heavy atom. The number of ether oxygens (including phenoxy) is 1. The van der Waals surface area contributed by atoms with Crippen LogP contribution in [0.15, 0.2) is 42.5 Å². The number of rotatable bonds is 3. The van der Waals surface area contributed by atoms with Crippen LogP contribution in [0.1, 0.15) is 54.4 Å². The van der Waals surface area contributed by atoms with E-state index in [1.807, 2.05) is 30.0 Å². The summed E-state index contributed by atoms with van der Waals surface area (Å²) in [5.41, 5.74) is 4.02. The third-order valence-corrected chi connectivity index (χ3v) is 7.16. The van der Waals surface area contributed by atoms with Gasteiger partial charge in [-0.15, -0.1) is 0 Å². The number of benzene rings is 2. The summed E-state index contributed by atoms with van der Waals surface area (Å²) in [4.78, 5) is 28.0. The zero-order chi connectivity index (χ0) is 20.2. The van der Waals surface area contributed by atoms with Gasteiger partial charge in [0.2, 0.25) is 5.91 Å². The molecule has 0 N–H and O–H groups in total. The van der Waals surface area contributed by atoms with Crippen molar-refractivity contribution in [2.45, 2.75) is 37.5 Å². The first kappa shape index (κ1) is 18.7. The van der Waals surface area contributed by atoms with E-state index in [1.165, 1.54) is 11.1 Å². The third kappa shape index (κ3) is 2.65. The number of fused-ring (bicyclic) bond motifs is 8. The van der Waals surface area contributed by atoms with Crippen molar-refractivity contribution < 1.29 is 14.3 Å². The van der Waals surface area contributed by atoms with Gasteiger partial charge in [-0.2, -0.15) is 0 Å². The molecule has 2 aliphatic carbocycles. The van der Waals surface area contributed by atoms with E-state index in [0.717, 1.165) is 17.5 Å². The van der Waals surface area contributed by atoms with Crippen molar-refractivity contribution >= 4 is 23.5 Å². The maximum Gasteiger partial charge on any atom is 0.309 e. The number of hydrogen-bond donors (Lipinski definition) is 0. The summed E-state index contributed by atoms with van der Waals surface area (Å²) in [5, 5.41) is 0.668. The Morgan fingerprint density at radius 3 is 2.59 bits per heavy atom. The maximum atomic E-state index is 14.0. The highest BCUT2D eigenvalue weighted by Gasteiger charge is 2.58. The molecule has 2 atom stereocenters. The number of esters is 1. The molecule has 0 radical (unpaired) electrons. The molecule has 2 bridgehead atoms. The van der Waals surface area contributed by atoms with E-state index in [4.69, 9.17) is 16.3 Å². The molecule has 1 heterocycles. The average Bonchev–Trinajstić information content (AvgIpc) is 3.27. The first-order chi connectivity index (χ1) is 14.1. The van der Waals surface area contributed by atoms with Crippen LogP contribution < -0.4 is 0 Å². The normalized spacial score (nSPS) is 24.9. The predicted molar refractivity (Wildman–Crippen MR) is 111 cm³/mol. The number of carbonyl (C=O) groups excluding carboxylic acids is 2. The molecule has 0 aromatic heterocycles. The maximum absolute atomic E-state index is 14.0. The van der Waals surface area contributed by atoms with Crippen LogP contribution in [0.3, 0.4) is 0 Å². The highest BCUT2D eigenvalue weighted by Crippen LogP contribution is 2.61. The summed E-state index contributed by atoms with van der Waals surface area (Å²) in [6, 6.07) is 14.3. The van der Waals surface area contributed by atoms with Crippen molar-refractivity contribution in [2.24, 2.45) is 5.92 Å². The second-order valence-electron chi connectivity index (χ2n) is 8.30. The van der Waals surface area contributed by atoms with E-state index in [1.54, 1.807) is 0 Å². The van der Waals surface area contributed by atoms with Crippen molar-refractivity contribution in [2.75, 3.05) is 19.7 Å². The Bertz CT molecular complexity index is 995. The van der Waals surface area contributed by atoms with Gasteiger partial charge in [0.1, 0.15) is 5.41 Å². The Labute approximate surface area is 175 Å². The summed E-state index contributed by atoms with van der Waals surface area (Å²) in [6.07, 6.45) is 2.10. The van der Waals surface area contributed by atoms with Gasteiger partial charge in [-0.05, 0) is 60.6 Å². The smallest absolute Gasteiger partial charge is 0.309 e. The minimum absolute atomic E-state index is 0.106. The van der Waals surface area contributed by atoms with Gasteiger partial charge in [-0.3, -0.25) is 9.59 Å². The van der Waals surface area contributed by atoms with Crippen LogP contribution in [-0.4, -0.2) is 36.5 Å². The van der Waals surface area contributed by atoms with Crippen LogP contribution in [0.4, 0.5) is 0 Å². The third-order valence-electron chi connectivity index (χ3n) is 6.92. The number of hydrogen-bond acceptors (Lipinski definition) is 3. The molecule has 1 fully saturated rings. The van der Waals surface area contributed by atoms with Gasteiger partial charge in [-0.1, -0.05) is 41.9 Å². The molecule has 3 aliphatic rings. The Kier molecular flexibility index (Phi) is 4.43. The molecule has 1 aliphatic heterocycles. The molecule has 1 saturated heterocycles. The molecule has 2 unspecified atom stereocenters. The lowest BCUT2D eigenvalue weighted by molar-refractivity contribution is -0.151. The second-order valence-corrected chi connectivity index (χ2v) is 8.74. The van der Waals surface area contributed by atoms with Crippen LogP contribution >= 0.6 is 11.6 Å². The number of halogens is 1. The van der Waals surface area contributed by atoms with Crippen LogP contribution in [0.25, 0.3) is 0 Å². The van der Waals surface area contributed by atoms with Gasteiger partial charge in [0.25, 0.3) is 0 Å². The standard InChI is InChI=1S/C24H24ClNO3/c1-2-29-22(27)15-9-11-26(12-10-15)23(28)24-14-19(17-5-3-4-6-20(17)24)18-8-7-16(25)13-21(18)24/h3-8,13,15,19H,2,9-12,14H2,1H3. The zero-order valence-corrected chi connectivity index (χ0v) is 17.2. The topological polar surface area (TPSA) is 46.6 Å². The number of amides is 1. The van der Waals surface area contributed by atoms with Crippen molar-refractivity contribution in [3.05, 3.63) is 69.7 Å². The average molecular weight is 410 g/mol. The molecule has 5 heteroatoms. The molecule has 150 valence electrons. The Hall–Kier alpha value is -2.33. The Morgan fingerprint density at radius 2 is 1.83 bits per heavy atom.